The summed E-state index contributed by atoms with van der Waals surface area (Å²) < 4.78 is 10.8. The Kier molecular flexibility index (Phi) is 8.54. The fourth-order valence-electron chi connectivity index (χ4n) is 3.81. The molecule has 0 aliphatic carbocycles. The first-order valence-electron chi connectivity index (χ1n) is 11.5. The monoisotopic (exact) mass is 438 g/mol. The van der Waals surface area contributed by atoms with E-state index in [1.807, 2.05) is 56.3 Å². The lowest BCUT2D eigenvalue weighted by Gasteiger charge is -2.31. The van der Waals surface area contributed by atoms with E-state index >= 15 is 0 Å². The lowest BCUT2D eigenvalue weighted by molar-refractivity contribution is -0.141. The molecule has 0 spiro atoms. The van der Waals surface area contributed by atoms with Gasteiger partial charge < -0.3 is 19.7 Å². The molecular weight excluding hydrogens is 404 g/mol. The van der Waals surface area contributed by atoms with E-state index in [1.165, 1.54) is 5.56 Å². The fourth-order valence-corrected chi connectivity index (χ4v) is 3.81. The van der Waals surface area contributed by atoms with Crippen LogP contribution in [-0.4, -0.2) is 36.1 Å². The van der Waals surface area contributed by atoms with Crippen molar-refractivity contribution in [2.45, 2.75) is 65.5 Å². The molecule has 2 aromatic carbocycles. The van der Waals surface area contributed by atoms with Gasteiger partial charge in [0.1, 0.15) is 6.04 Å². The first-order valence-corrected chi connectivity index (χ1v) is 11.5. The Labute approximate surface area is 190 Å². The molecule has 1 N–H and O–H groups in total. The molecule has 32 heavy (non-hydrogen) atoms. The summed E-state index contributed by atoms with van der Waals surface area (Å²) >= 11 is 0. The summed E-state index contributed by atoms with van der Waals surface area (Å²) in [6.45, 7) is 7.36. The summed E-state index contributed by atoms with van der Waals surface area (Å²) in [7, 11) is 0. The molecule has 6 heteroatoms. The molecule has 0 saturated carbocycles. The quantitative estimate of drug-likeness (QED) is 0.529. The minimum absolute atomic E-state index is 0.0271. The van der Waals surface area contributed by atoms with Crippen LogP contribution in [0.5, 0.6) is 11.5 Å². The zero-order valence-corrected chi connectivity index (χ0v) is 19.4. The predicted molar refractivity (Wildman–Crippen MR) is 125 cm³/mol. The molecule has 0 aromatic heterocycles. The van der Waals surface area contributed by atoms with Gasteiger partial charge in [-0.2, -0.15) is 0 Å². The van der Waals surface area contributed by atoms with Crippen molar-refractivity contribution in [2.75, 3.05) is 13.3 Å². The summed E-state index contributed by atoms with van der Waals surface area (Å²) in [6, 6.07) is 13.4. The van der Waals surface area contributed by atoms with Gasteiger partial charge in [0, 0.05) is 19.5 Å². The molecule has 2 aromatic rings. The van der Waals surface area contributed by atoms with Crippen molar-refractivity contribution in [3.63, 3.8) is 0 Å². The third-order valence-electron chi connectivity index (χ3n) is 5.75. The number of aryl methyl sites for hydroxylation is 2. The number of carbonyl (C=O) groups excluding carboxylic acids is 2. The molecule has 6 nitrogen and oxygen atoms in total. The van der Waals surface area contributed by atoms with Gasteiger partial charge in [0.25, 0.3) is 0 Å². The Hall–Kier alpha value is -3.02. The van der Waals surface area contributed by atoms with Crippen LogP contribution in [0.2, 0.25) is 0 Å². The highest BCUT2D eigenvalue weighted by atomic mass is 16.7. The van der Waals surface area contributed by atoms with Gasteiger partial charge in [-0.05, 0) is 49.4 Å². The number of ether oxygens (including phenoxy) is 2. The van der Waals surface area contributed by atoms with E-state index in [-0.39, 0.29) is 18.6 Å². The molecule has 0 bridgehead atoms. The Bertz CT molecular complexity index is 911. The molecule has 1 aliphatic rings. The number of unbranched alkanes of at least 4 members (excludes halogenated alkanes) is 1. The topological polar surface area (TPSA) is 67.9 Å². The van der Waals surface area contributed by atoms with Crippen molar-refractivity contribution < 1.29 is 19.1 Å². The van der Waals surface area contributed by atoms with Crippen molar-refractivity contribution >= 4 is 11.8 Å². The molecule has 0 fully saturated rings. The predicted octanol–water partition coefficient (Wildman–Crippen LogP) is 4.38. The Morgan fingerprint density at radius 3 is 2.47 bits per heavy atom. The highest BCUT2D eigenvalue weighted by Crippen LogP contribution is 2.32. The van der Waals surface area contributed by atoms with E-state index in [9.17, 15) is 9.59 Å². The molecule has 3 rings (SSSR count). The number of hydrogen-bond acceptors (Lipinski definition) is 4. The van der Waals surface area contributed by atoms with E-state index in [1.54, 1.807) is 4.90 Å². The van der Waals surface area contributed by atoms with Crippen molar-refractivity contribution in [1.29, 1.82) is 0 Å². The Morgan fingerprint density at radius 2 is 1.75 bits per heavy atom. The Morgan fingerprint density at radius 1 is 1.03 bits per heavy atom. The third-order valence-corrected chi connectivity index (χ3v) is 5.75. The number of nitrogens with zero attached hydrogens (tertiary/aromatic N) is 1. The van der Waals surface area contributed by atoms with E-state index in [0.29, 0.717) is 38.1 Å². The summed E-state index contributed by atoms with van der Waals surface area (Å²) in [5.41, 5.74) is 3.20. The van der Waals surface area contributed by atoms with Crippen LogP contribution in [0, 0.1) is 6.92 Å². The first-order chi connectivity index (χ1) is 15.5. The number of fused-ring (bicyclic) bond motifs is 1. The number of amides is 2. The van der Waals surface area contributed by atoms with Gasteiger partial charge in [0.05, 0.1) is 0 Å². The number of carbonyl (C=O) groups is 2. The lowest BCUT2D eigenvalue weighted by atomic mass is 10.1. The van der Waals surface area contributed by atoms with Crippen molar-refractivity contribution in [3.05, 3.63) is 59.2 Å². The third kappa shape index (κ3) is 6.25. The standard InChI is InChI=1S/C26H34N2O4/c1-4-6-15-27-26(30)22(5-2)28(17-21-9-7-19(3)8-10-21)25(29)14-12-20-11-13-23-24(16-20)32-18-31-23/h7-11,13,16,22H,4-6,12,14-15,17-18H2,1-3H3,(H,27,30). The van der Waals surface area contributed by atoms with Gasteiger partial charge in [-0.15, -0.1) is 0 Å². The van der Waals surface area contributed by atoms with Gasteiger partial charge >= 0.3 is 0 Å². The maximum Gasteiger partial charge on any atom is 0.242 e. The number of benzene rings is 2. The normalized spacial score (nSPS) is 13.0. The second kappa shape index (κ2) is 11.6. The van der Waals surface area contributed by atoms with Crippen molar-refractivity contribution in [3.8, 4) is 11.5 Å². The van der Waals surface area contributed by atoms with Crippen LogP contribution in [0.3, 0.4) is 0 Å². The summed E-state index contributed by atoms with van der Waals surface area (Å²) in [4.78, 5) is 28.0. The van der Waals surface area contributed by atoms with E-state index in [0.717, 1.165) is 29.7 Å². The molecule has 1 heterocycles. The smallest absolute Gasteiger partial charge is 0.242 e. The van der Waals surface area contributed by atoms with Gasteiger partial charge in [-0.1, -0.05) is 56.2 Å². The zero-order chi connectivity index (χ0) is 22.9. The number of rotatable bonds is 11. The van der Waals surface area contributed by atoms with Crippen molar-refractivity contribution in [2.24, 2.45) is 0 Å². The van der Waals surface area contributed by atoms with Crippen molar-refractivity contribution in [1.82, 2.24) is 10.2 Å². The van der Waals surface area contributed by atoms with Crippen LogP contribution in [0.15, 0.2) is 42.5 Å². The minimum atomic E-state index is -0.489. The summed E-state index contributed by atoms with van der Waals surface area (Å²) in [5, 5.41) is 3.00. The average Bonchev–Trinajstić information content (AvgIpc) is 3.27. The largest absolute Gasteiger partial charge is 0.454 e. The maximum atomic E-state index is 13.3. The number of nitrogens with one attached hydrogen (secondary N) is 1. The summed E-state index contributed by atoms with van der Waals surface area (Å²) in [5.74, 6) is 1.34. The van der Waals surface area contributed by atoms with Crippen LogP contribution in [0.1, 0.15) is 56.2 Å². The molecule has 1 aliphatic heterocycles. The lowest BCUT2D eigenvalue weighted by Crippen LogP contribution is -2.49. The van der Waals surface area contributed by atoms with Crippen LogP contribution in [0.25, 0.3) is 0 Å². The SMILES string of the molecule is CCCCNC(=O)C(CC)N(Cc1ccc(C)cc1)C(=O)CCc1ccc2c(c1)OCO2. The molecule has 0 radical (unpaired) electrons. The van der Waals surface area contributed by atoms with Gasteiger partial charge in [-0.25, -0.2) is 0 Å². The van der Waals surface area contributed by atoms with Gasteiger partial charge in [-0.3, -0.25) is 9.59 Å². The zero-order valence-electron chi connectivity index (χ0n) is 19.4. The molecule has 2 amide bonds. The highest BCUT2D eigenvalue weighted by Gasteiger charge is 2.28. The molecule has 1 atom stereocenters. The summed E-state index contributed by atoms with van der Waals surface area (Å²) in [6.07, 6.45) is 3.41. The molecular formula is C26H34N2O4. The van der Waals surface area contributed by atoms with Crippen LogP contribution < -0.4 is 14.8 Å². The maximum absolute atomic E-state index is 13.3. The van der Waals surface area contributed by atoms with Crippen LogP contribution in [0.4, 0.5) is 0 Å². The Balaban J connectivity index is 1.72. The molecule has 172 valence electrons. The number of hydrogen-bond donors (Lipinski definition) is 1. The van der Waals surface area contributed by atoms with Crippen LogP contribution >= 0.6 is 0 Å². The van der Waals surface area contributed by atoms with Crippen LogP contribution in [-0.2, 0) is 22.6 Å². The highest BCUT2D eigenvalue weighted by molar-refractivity contribution is 5.87. The fraction of sp³-hybridized carbons (Fsp3) is 0.462. The first kappa shape index (κ1) is 23.6. The molecule has 0 saturated heterocycles. The van der Waals surface area contributed by atoms with E-state index in [2.05, 4.69) is 12.2 Å². The van der Waals surface area contributed by atoms with E-state index in [4.69, 9.17) is 9.47 Å². The van der Waals surface area contributed by atoms with E-state index < -0.39 is 6.04 Å². The average molecular weight is 439 g/mol. The van der Waals surface area contributed by atoms with Gasteiger partial charge in [0.2, 0.25) is 18.6 Å². The van der Waals surface area contributed by atoms with Gasteiger partial charge in [0.15, 0.2) is 11.5 Å². The molecule has 1 unspecified atom stereocenters. The second-order valence-corrected chi connectivity index (χ2v) is 8.26. The second-order valence-electron chi connectivity index (χ2n) is 8.26. The minimum Gasteiger partial charge on any atom is -0.454 e.